The van der Waals surface area contributed by atoms with Crippen LogP contribution in [0, 0.1) is 0 Å². The molecule has 3 nitrogen and oxygen atoms in total. The molecule has 0 aliphatic heterocycles. The van der Waals surface area contributed by atoms with Crippen LogP contribution in [0.3, 0.4) is 0 Å². The first-order valence-electron chi connectivity index (χ1n) is 7.21. The maximum absolute atomic E-state index is 6.04. The zero-order valence-electron chi connectivity index (χ0n) is 12.3. The Morgan fingerprint density at radius 2 is 1.85 bits per heavy atom. The van der Waals surface area contributed by atoms with Gasteiger partial charge in [-0.1, -0.05) is 32.4 Å². The van der Waals surface area contributed by atoms with Crippen molar-refractivity contribution in [3.8, 4) is 0 Å². The Labute approximate surface area is 130 Å². The lowest BCUT2D eigenvalue weighted by Gasteiger charge is -2.34. The third kappa shape index (κ3) is 2.53. The fourth-order valence-corrected chi connectivity index (χ4v) is 3.28. The summed E-state index contributed by atoms with van der Waals surface area (Å²) in [4.78, 5) is 9.22. The molecule has 0 saturated carbocycles. The summed E-state index contributed by atoms with van der Waals surface area (Å²) in [6, 6.07) is 1.88. The van der Waals surface area contributed by atoms with Gasteiger partial charge in [-0.3, -0.25) is 0 Å². The molecule has 0 spiro atoms. The van der Waals surface area contributed by atoms with Crippen molar-refractivity contribution in [2.45, 2.75) is 52.0 Å². The second-order valence-corrected chi connectivity index (χ2v) is 5.90. The molecule has 0 atom stereocenters. The van der Waals surface area contributed by atoms with E-state index in [0.29, 0.717) is 10.9 Å². The number of pyridine rings is 1. The van der Waals surface area contributed by atoms with Crippen LogP contribution in [0.15, 0.2) is 12.3 Å². The van der Waals surface area contributed by atoms with Gasteiger partial charge >= 0.3 is 0 Å². The Kier molecular flexibility index (Phi) is 4.92. The second-order valence-electron chi connectivity index (χ2n) is 5.08. The van der Waals surface area contributed by atoms with Crippen LogP contribution in [-0.2, 0) is 12.0 Å². The summed E-state index contributed by atoms with van der Waals surface area (Å²) in [6.07, 6.45) is 5.58. The van der Waals surface area contributed by atoms with Gasteiger partial charge in [-0.2, -0.15) is 0 Å². The van der Waals surface area contributed by atoms with Crippen molar-refractivity contribution in [2.75, 3.05) is 5.88 Å². The predicted octanol–water partition coefficient (Wildman–Crippen LogP) is 4.79. The summed E-state index contributed by atoms with van der Waals surface area (Å²) >= 11 is 12.0. The Morgan fingerprint density at radius 1 is 1.20 bits per heavy atom. The summed E-state index contributed by atoms with van der Waals surface area (Å²) in [5.74, 6) is 1.57. The van der Waals surface area contributed by atoms with Gasteiger partial charge in [-0.05, 0) is 25.3 Å². The largest absolute Gasteiger partial charge is 0.306 e. The van der Waals surface area contributed by atoms with E-state index in [1.165, 1.54) is 0 Å². The van der Waals surface area contributed by atoms with Gasteiger partial charge in [-0.25, -0.2) is 9.97 Å². The Morgan fingerprint density at radius 3 is 2.40 bits per heavy atom. The van der Waals surface area contributed by atoms with Crippen molar-refractivity contribution in [1.82, 2.24) is 14.5 Å². The van der Waals surface area contributed by atoms with E-state index in [4.69, 9.17) is 28.2 Å². The van der Waals surface area contributed by atoms with Gasteiger partial charge in [0.05, 0.1) is 5.02 Å². The molecule has 0 unspecified atom stereocenters. The first-order chi connectivity index (χ1) is 9.61. The zero-order chi connectivity index (χ0) is 14.8. The van der Waals surface area contributed by atoms with E-state index in [9.17, 15) is 0 Å². The van der Waals surface area contributed by atoms with Gasteiger partial charge in [0.2, 0.25) is 0 Å². The van der Waals surface area contributed by atoms with Crippen molar-refractivity contribution >= 4 is 34.4 Å². The third-order valence-electron chi connectivity index (χ3n) is 4.30. The number of imidazole rings is 1. The number of aryl methyl sites for hydroxylation is 1. The predicted molar refractivity (Wildman–Crippen MR) is 85.8 cm³/mol. The van der Waals surface area contributed by atoms with Crippen LogP contribution >= 0.6 is 23.2 Å². The van der Waals surface area contributed by atoms with Crippen LogP contribution in [-0.4, -0.2) is 20.4 Å². The maximum Gasteiger partial charge on any atom is 0.160 e. The molecule has 2 aromatic rings. The van der Waals surface area contributed by atoms with E-state index >= 15 is 0 Å². The van der Waals surface area contributed by atoms with Gasteiger partial charge in [0.15, 0.2) is 5.65 Å². The van der Waals surface area contributed by atoms with E-state index < -0.39 is 0 Å². The monoisotopic (exact) mass is 313 g/mol. The summed E-state index contributed by atoms with van der Waals surface area (Å²) in [7, 11) is 0. The SMILES string of the molecule is CCC(CC)(CC)n1c(CCCl)nc2cc(Cl)cnc21. The van der Waals surface area contributed by atoms with E-state index in [1.54, 1.807) is 6.20 Å². The van der Waals surface area contributed by atoms with E-state index in [1.807, 2.05) is 6.07 Å². The van der Waals surface area contributed by atoms with Crippen molar-refractivity contribution < 1.29 is 0 Å². The van der Waals surface area contributed by atoms with E-state index in [-0.39, 0.29) is 5.54 Å². The molecule has 5 heteroatoms. The Bertz CT molecular complexity index is 580. The zero-order valence-corrected chi connectivity index (χ0v) is 13.8. The normalized spacial score (nSPS) is 12.2. The van der Waals surface area contributed by atoms with Gasteiger partial charge < -0.3 is 4.57 Å². The molecule has 110 valence electrons. The number of aromatic nitrogens is 3. The van der Waals surface area contributed by atoms with Crippen molar-refractivity contribution in [2.24, 2.45) is 0 Å². The highest BCUT2D eigenvalue weighted by Crippen LogP contribution is 2.34. The molecule has 0 saturated heterocycles. The highest BCUT2D eigenvalue weighted by atomic mass is 35.5. The fraction of sp³-hybridized carbons (Fsp3) is 0.600. The molecule has 20 heavy (non-hydrogen) atoms. The number of rotatable bonds is 6. The Hall–Kier alpha value is -0.800. The highest BCUT2D eigenvalue weighted by Gasteiger charge is 2.31. The number of nitrogens with zero attached hydrogens (tertiary/aromatic N) is 3. The minimum Gasteiger partial charge on any atom is -0.306 e. The number of fused-ring (bicyclic) bond motifs is 1. The lowest BCUT2D eigenvalue weighted by atomic mass is 9.89. The standard InChI is InChI=1S/C15H21Cl2N3/c1-4-15(5-2,6-3)20-13(7-8-16)19-12-9-11(17)10-18-14(12)20/h9-10H,4-8H2,1-3H3. The van der Waals surface area contributed by atoms with E-state index in [2.05, 4.69) is 30.3 Å². The van der Waals surface area contributed by atoms with Crippen LogP contribution in [0.2, 0.25) is 5.02 Å². The number of halogens is 2. The number of hydrogen-bond donors (Lipinski definition) is 0. The molecular weight excluding hydrogens is 293 g/mol. The summed E-state index contributed by atoms with van der Waals surface area (Å²) in [6.45, 7) is 6.66. The fourth-order valence-electron chi connectivity index (χ4n) is 2.96. The molecule has 0 radical (unpaired) electrons. The molecule has 0 aliphatic carbocycles. The van der Waals surface area contributed by atoms with Crippen molar-refractivity contribution in [3.63, 3.8) is 0 Å². The Balaban J connectivity index is 2.73. The van der Waals surface area contributed by atoms with Gasteiger partial charge in [0.25, 0.3) is 0 Å². The summed E-state index contributed by atoms with van der Waals surface area (Å²) < 4.78 is 2.29. The second kappa shape index (κ2) is 6.31. The van der Waals surface area contributed by atoms with Crippen LogP contribution in [0.1, 0.15) is 45.9 Å². The molecule has 2 heterocycles. The first-order valence-corrected chi connectivity index (χ1v) is 8.12. The summed E-state index contributed by atoms with van der Waals surface area (Å²) in [5.41, 5.74) is 1.83. The molecule has 0 bridgehead atoms. The molecule has 0 fully saturated rings. The molecule has 0 N–H and O–H groups in total. The highest BCUT2D eigenvalue weighted by molar-refractivity contribution is 6.31. The molecule has 2 aromatic heterocycles. The van der Waals surface area contributed by atoms with Gasteiger partial charge in [0, 0.05) is 24.0 Å². The lowest BCUT2D eigenvalue weighted by Crippen LogP contribution is -2.33. The van der Waals surface area contributed by atoms with Crippen LogP contribution < -0.4 is 0 Å². The smallest absolute Gasteiger partial charge is 0.160 e. The molecule has 2 rings (SSSR count). The van der Waals surface area contributed by atoms with Crippen molar-refractivity contribution in [1.29, 1.82) is 0 Å². The number of hydrogen-bond acceptors (Lipinski definition) is 2. The van der Waals surface area contributed by atoms with Crippen LogP contribution in [0.25, 0.3) is 11.2 Å². The first kappa shape index (κ1) is 15.6. The van der Waals surface area contributed by atoms with Crippen molar-refractivity contribution in [3.05, 3.63) is 23.1 Å². The minimum absolute atomic E-state index is 0.0526. The third-order valence-corrected chi connectivity index (χ3v) is 4.70. The van der Waals surface area contributed by atoms with Gasteiger partial charge in [-0.15, -0.1) is 11.6 Å². The lowest BCUT2D eigenvalue weighted by molar-refractivity contribution is 0.250. The van der Waals surface area contributed by atoms with Gasteiger partial charge in [0.1, 0.15) is 11.3 Å². The van der Waals surface area contributed by atoms with Crippen LogP contribution in [0.5, 0.6) is 0 Å². The van der Waals surface area contributed by atoms with Crippen LogP contribution in [0.4, 0.5) is 0 Å². The average molecular weight is 314 g/mol. The number of alkyl halides is 1. The maximum atomic E-state index is 6.04. The minimum atomic E-state index is 0.0526. The molecule has 0 aromatic carbocycles. The quantitative estimate of drug-likeness (QED) is 0.718. The molecule has 0 amide bonds. The van der Waals surface area contributed by atoms with E-state index in [0.717, 1.165) is 42.7 Å². The molecular formula is C15H21Cl2N3. The summed E-state index contributed by atoms with van der Waals surface area (Å²) in [5, 5.41) is 0.620. The topological polar surface area (TPSA) is 30.7 Å². The average Bonchev–Trinajstić information content (AvgIpc) is 2.80. The molecule has 0 aliphatic rings.